The summed E-state index contributed by atoms with van der Waals surface area (Å²) in [5.41, 5.74) is 2.50. The second-order valence-corrected chi connectivity index (χ2v) is 7.04. The number of hydrogen-bond acceptors (Lipinski definition) is 4. The number of halogens is 2. The van der Waals surface area contributed by atoms with E-state index in [4.69, 9.17) is 23.2 Å². The molecule has 2 rings (SSSR count). The second kappa shape index (κ2) is 5.87. The molecule has 21 heavy (non-hydrogen) atoms. The van der Waals surface area contributed by atoms with Crippen LogP contribution in [-0.4, -0.2) is 26.7 Å². The molecule has 1 aliphatic heterocycles. The Hall–Kier alpha value is -1.24. The molecular formula is C13H14Cl2N2O3S. The van der Waals surface area contributed by atoms with Crippen LogP contribution in [0.4, 0.5) is 5.69 Å². The van der Waals surface area contributed by atoms with Crippen LogP contribution in [0.5, 0.6) is 0 Å². The number of fused-ring (bicyclic) bond motifs is 1. The molecule has 0 aromatic heterocycles. The van der Waals surface area contributed by atoms with Crippen LogP contribution in [0.25, 0.3) is 0 Å². The molecule has 0 saturated heterocycles. The van der Waals surface area contributed by atoms with Crippen LogP contribution in [0.1, 0.15) is 12.5 Å². The summed E-state index contributed by atoms with van der Waals surface area (Å²) in [6, 6.07) is 3.07. The average molecular weight is 349 g/mol. The third-order valence-corrected chi connectivity index (χ3v) is 5.23. The monoisotopic (exact) mass is 348 g/mol. The molecule has 5 nitrogen and oxygen atoms in total. The molecule has 1 aromatic carbocycles. The Morgan fingerprint density at radius 3 is 2.71 bits per heavy atom. The number of carbonyl (C=O) groups excluding carboxylic acids is 1. The minimum atomic E-state index is -4.05. The molecule has 0 atom stereocenters. The average Bonchev–Trinajstić information content (AvgIpc) is 2.79. The van der Waals surface area contributed by atoms with E-state index in [1.807, 2.05) is 16.5 Å². The van der Waals surface area contributed by atoms with Crippen molar-refractivity contribution in [2.45, 2.75) is 18.2 Å². The molecule has 0 saturated carbocycles. The summed E-state index contributed by atoms with van der Waals surface area (Å²) in [4.78, 5) is 13.0. The van der Waals surface area contributed by atoms with Crippen molar-refractivity contribution in [3.63, 3.8) is 0 Å². The molecule has 1 aromatic rings. The Balaban J connectivity index is 2.49. The summed E-state index contributed by atoms with van der Waals surface area (Å²) in [6.45, 7) is 6.43. The fourth-order valence-electron chi connectivity index (χ4n) is 2.22. The van der Waals surface area contributed by atoms with Crippen LogP contribution >= 0.6 is 23.2 Å². The molecule has 0 unspecified atom stereocenters. The molecule has 8 heteroatoms. The van der Waals surface area contributed by atoms with Gasteiger partial charge in [0.25, 0.3) is 10.0 Å². The first-order valence-corrected chi connectivity index (χ1v) is 8.53. The number of amides is 1. The Bertz CT molecular complexity index is 716. The number of alkyl halides is 1. The largest absolute Gasteiger partial charge is 0.345 e. The van der Waals surface area contributed by atoms with Crippen molar-refractivity contribution < 1.29 is 13.2 Å². The van der Waals surface area contributed by atoms with E-state index in [-0.39, 0.29) is 9.92 Å². The number of carbonyl (C=O) groups is 1. The maximum Gasteiger partial charge on any atom is 0.265 e. The lowest BCUT2D eigenvalue weighted by Gasteiger charge is -2.20. The Morgan fingerprint density at radius 1 is 1.48 bits per heavy atom. The molecule has 1 heterocycles. The maximum atomic E-state index is 12.2. The van der Waals surface area contributed by atoms with Crippen LogP contribution in [0, 0.1) is 0 Å². The summed E-state index contributed by atoms with van der Waals surface area (Å²) >= 11 is 11.4. The van der Waals surface area contributed by atoms with E-state index in [0.717, 1.165) is 29.9 Å². The molecular weight excluding hydrogens is 335 g/mol. The number of rotatable bonds is 4. The van der Waals surface area contributed by atoms with E-state index in [1.165, 1.54) is 6.07 Å². The van der Waals surface area contributed by atoms with E-state index in [0.29, 0.717) is 0 Å². The first kappa shape index (κ1) is 16.1. The highest BCUT2D eigenvalue weighted by atomic mass is 35.5. The Labute approximate surface area is 133 Å². The number of sulfonamides is 1. The molecule has 0 spiro atoms. The van der Waals surface area contributed by atoms with Crippen LogP contribution < -0.4 is 9.62 Å². The van der Waals surface area contributed by atoms with Crippen molar-refractivity contribution in [2.24, 2.45) is 0 Å². The lowest BCUT2D eigenvalue weighted by atomic mass is 10.2. The fraction of sp³-hybridized carbons (Fsp3) is 0.308. The molecule has 0 bridgehead atoms. The number of nitrogens with one attached hydrogen (secondary N) is 1. The van der Waals surface area contributed by atoms with Gasteiger partial charge in [-0.1, -0.05) is 18.2 Å². The molecule has 0 radical (unpaired) electrons. The van der Waals surface area contributed by atoms with Gasteiger partial charge in [0.15, 0.2) is 0 Å². The highest BCUT2D eigenvalue weighted by Crippen LogP contribution is 2.36. The third-order valence-electron chi connectivity index (χ3n) is 3.15. The smallest absolute Gasteiger partial charge is 0.265 e. The van der Waals surface area contributed by atoms with Crippen LogP contribution in [0.2, 0.25) is 5.02 Å². The van der Waals surface area contributed by atoms with E-state index < -0.39 is 21.8 Å². The lowest BCUT2D eigenvalue weighted by molar-refractivity contribution is -0.116. The van der Waals surface area contributed by atoms with E-state index >= 15 is 0 Å². The second-order valence-electron chi connectivity index (χ2n) is 4.71. The van der Waals surface area contributed by atoms with Gasteiger partial charge in [0.2, 0.25) is 5.91 Å². The van der Waals surface area contributed by atoms with Crippen molar-refractivity contribution in [3.8, 4) is 0 Å². The predicted molar refractivity (Wildman–Crippen MR) is 83.4 cm³/mol. The first-order chi connectivity index (χ1) is 9.76. The van der Waals surface area contributed by atoms with Crippen molar-refractivity contribution >= 4 is 44.8 Å². The fourth-order valence-corrected chi connectivity index (χ4v) is 3.92. The lowest BCUT2D eigenvalue weighted by Crippen LogP contribution is -2.31. The zero-order valence-corrected chi connectivity index (χ0v) is 13.6. The SMILES string of the molecule is C=C(C)N1CCc2cc(Cl)c(S(=O)(=O)NC(=O)CCl)cc21. The van der Waals surface area contributed by atoms with Gasteiger partial charge in [-0.15, -0.1) is 11.6 Å². The van der Waals surface area contributed by atoms with Gasteiger partial charge in [0.05, 0.1) is 5.02 Å². The van der Waals surface area contributed by atoms with E-state index in [9.17, 15) is 13.2 Å². The van der Waals surface area contributed by atoms with Gasteiger partial charge in [-0.2, -0.15) is 0 Å². The Morgan fingerprint density at radius 2 is 2.14 bits per heavy atom. The summed E-state index contributed by atoms with van der Waals surface area (Å²) in [5.74, 6) is -1.25. The highest BCUT2D eigenvalue weighted by Gasteiger charge is 2.27. The highest BCUT2D eigenvalue weighted by molar-refractivity contribution is 7.90. The van der Waals surface area contributed by atoms with Crippen molar-refractivity contribution in [1.82, 2.24) is 4.72 Å². The molecule has 0 aliphatic carbocycles. The normalized spacial score (nSPS) is 14.0. The zero-order valence-electron chi connectivity index (χ0n) is 11.3. The number of nitrogens with zero attached hydrogens (tertiary/aromatic N) is 1. The van der Waals surface area contributed by atoms with Gasteiger partial charge in [-0.05, 0) is 31.0 Å². The van der Waals surface area contributed by atoms with Gasteiger partial charge in [0, 0.05) is 17.9 Å². The van der Waals surface area contributed by atoms with Gasteiger partial charge in [0.1, 0.15) is 10.8 Å². The molecule has 0 fully saturated rings. The summed E-state index contributed by atoms with van der Waals surface area (Å²) < 4.78 is 26.2. The van der Waals surface area contributed by atoms with Gasteiger partial charge in [-0.25, -0.2) is 13.1 Å². The van der Waals surface area contributed by atoms with Crippen molar-refractivity contribution in [1.29, 1.82) is 0 Å². The minimum absolute atomic E-state index is 0.0761. The minimum Gasteiger partial charge on any atom is -0.345 e. The molecule has 1 amide bonds. The maximum absolute atomic E-state index is 12.2. The third kappa shape index (κ3) is 3.17. The zero-order chi connectivity index (χ0) is 15.8. The van der Waals surface area contributed by atoms with Gasteiger partial charge >= 0.3 is 0 Å². The standard InChI is InChI=1S/C13H14Cl2N2O3S/c1-8(2)17-4-3-9-5-10(15)12(6-11(9)17)21(19,20)16-13(18)7-14/h5-6H,1,3-4,7H2,2H3,(H,16,18). The van der Waals surface area contributed by atoms with E-state index in [1.54, 1.807) is 6.07 Å². The summed E-state index contributed by atoms with van der Waals surface area (Å²) in [7, 11) is -4.05. The molecule has 1 N–H and O–H groups in total. The topological polar surface area (TPSA) is 66.5 Å². The predicted octanol–water partition coefficient (Wildman–Crippen LogP) is 2.28. The van der Waals surface area contributed by atoms with Gasteiger partial charge < -0.3 is 4.90 Å². The summed E-state index contributed by atoms with van der Waals surface area (Å²) in [5, 5.41) is 0.0761. The van der Waals surface area contributed by atoms with Crippen LogP contribution in [0.15, 0.2) is 29.3 Å². The van der Waals surface area contributed by atoms with Gasteiger partial charge in [-0.3, -0.25) is 4.79 Å². The number of hydrogen-bond donors (Lipinski definition) is 1. The number of anilines is 1. The van der Waals surface area contributed by atoms with Crippen molar-refractivity contribution in [2.75, 3.05) is 17.3 Å². The number of allylic oxidation sites excluding steroid dienone is 1. The van der Waals surface area contributed by atoms with Crippen LogP contribution in [0.3, 0.4) is 0 Å². The number of benzene rings is 1. The van der Waals surface area contributed by atoms with E-state index in [2.05, 4.69) is 6.58 Å². The first-order valence-electron chi connectivity index (χ1n) is 6.13. The quantitative estimate of drug-likeness (QED) is 0.847. The Kier molecular flexibility index (Phi) is 4.51. The molecule has 114 valence electrons. The van der Waals surface area contributed by atoms with Crippen LogP contribution in [-0.2, 0) is 21.2 Å². The molecule has 1 aliphatic rings. The summed E-state index contributed by atoms with van der Waals surface area (Å²) in [6.07, 6.45) is 0.760. The van der Waals surface area contributed by atoms with Crippen molar-refractivity contribution in [3.05, 3.63) is 35.0 Å².